The van der Waals surface area contributed by atoms with Crippen LogP contribution in [0.5, 0.6) is 5.75 Å². The second-order valence-electron chi connectivity index (χ2n) is 7.71. The van der Waals surface area contributed by atoms with Crippen LogP contribution in [0.15, 0.2) is 24.3 Å². The highest BCUT2D eigenvalue weighted by molar-refractivity contribution is 5.81. The zero-order chi connectivity index (χ0) is 17.2. The molecule has 1 amide bonds. The third-order valence-corrected chi connectivity index (χ3v) is 4.64. The van der Waals surface area contributed by atoms with Crippen molar-refractivity contribution in [1.82, 2.24) is 4.90 Å². The maximum absolute atomic E-state index is 12.7. The van der Waals surface area contributed by atoms with Crippen molar-refractivity contribution in [2.45, 2.75) is 58.6 Å². The Morgan fingerprint density at radius 1 is 1.43 bits per heavy atom. The number of benzene rings is 1. The van der Waals surface area contributed by atoms with Crippen LogP contribution >= 0.6 is 0 Å². The van der Waals surface area contributed by atoms with Crippen LogP contribution in [0, 0.1) is 5.92 Å². The van der Waals surface area contributed by atoms with Gasteiger partial charge in [0.1, 0.15) is 5.75 Å². The number of carbonyl (C=O) groups excluding carboxylic acids is 1. The Morgan fingerprint density at radius 2 is 2.13 bits per heavy atom. The fourth-order valence-electron chi connectivity index (χ4n) is 3.14. The molecule has 0 aliphatic carbocycles. The van der Waals surface area contributed by atoms with Crippen LogP contribution < -0.4 is 10.5 Å². The van der Waals surface area contributed by atoms with Crippen molar-refractivity contribution in [3.63, 3.8) is 0 Å². The van der Waals surface area contributed by atoms with Gasteiger partial charge in [-0.3, -0.25) is 4.79 Å². The lowest BCUT2D eigenvalue weighted by Gasteiger charge is -2.26. The van der Waals surface area contributed by atoms with Crippen LogP contribution in [-0.2, 0) is 10.2 Å². The Bertz CT molecular complexity index is 551. The van der Waals surface area contributed by atoms with Gasteiger partial charge in [-0.1, -0.05) is 32.9 Å². The highest BCUT2D eigenvalue weighted by Gasteiger charge is 2.34. The largest absolute Gasteiger partial charge is 0.481 e. The average Bonchev–Trinajstić information content (AvgIpc) is 2.87. The molecule has 23 heavy (non-hydrogen) atoms. The number of carbonyl (C=O) groups is 1. The summed E-state index contributed by atoms with van der Waals surface area (Å²) in [4.78, 5) is 14.6. The number of ether oxygens (including phenoxy) is 1. The van der Waals surface area contributed by atoms with Gasteiger partial charge in [0, 0.05) is 12.6 Å². The Kier molecular flexibility index (Phi) is 5.35. The van der Waals surface area contributed by atoms with Crippen LogP contribution in [0.3, 0.4) is 0 Å². The summed E-state index contributed by atoms with van der Waals surface area (Å²) in [6.07, 6.45) is 0.498. The molecule has 0 saturated carbocycles. The van der Waals surface area contributed by atoms with E-state index in [0.29, 0.717) is 12.5 Å². The molecule has 1 aliphatic heterocycles. The predicted molar refractivity (Wildman–Crippen MR) is 93.6 cm³/mol. The minimum atomic E-state index is -0.482. The predicted octanol–water partition coefficient (Wildman–Crippen LogP) is 2.95. The smallest absolute Gasteiger partial charge is 0.263 e. The van der Waals surface area contributed by atoms with E-state index in [0.717, 1.165) is 18.7 Å². The molecule has 1 aromatic carbocycles. The van der Waals surface area contributed by atoms with Crippen LogP contribution in [-0.4, -0.2) is 36.0 Å². The van der Waals surface area contributed by atoms with E-state index in [1.165, 1.54) is 5.56 Å². The molecule has 0 spiro atoms. The molecule has 1 saturated heterocycles. The second kappa shape index (κ2) is 6.91. The standard InChI is InChI=1S/C19H30N2O2/c1-13-9-15(11-20)12-21(13)18(22)14(2)23-17-8-6-7-16(10-17)19(3,4)5/h6-8,10,13-15H,9,11-12,20H2,1-5H3. The fraction of sp³-hybridized carbons (Fsp3) is 0.632. The molecule has 2 N–H and O–H groups in total. The van der Waals surface area contributed by atoms with E-state index >= 15 is 0 Å². The van der Waals surface area contributed by atoms with Gasteiger partial charge in [-0.15, -0.1) is 0 Å². The van der Waals surface area contributed by atoms with Gasteiger partial charge < -0.3 is 15.4 Å². The monoisotopic (exact) mass is 318 g/mol. The highest BCUT2D eigenvalue weighted by atomic mass is 16.5. The lowest BCUT2D eigenvalue weighted by atomic mass is 9.87. The van der Waals surface area contributed by atoms with E-state index < -0.39 is 6.10 Å². The van der Waals surface area contributed by atoms with Crippen LogP contribution in [0.25, 0.3) is 0 Å². The second-order valence-corrected chi connectivity index (χ2v) is 7.71. The quantitative estimate of drug-likeness (QED) is 0.928. The molecular formula is C19H30N2O2. The van der Waals surface area contributed by atoms with E-state index in [2.05, 4.69) is 33.8 Å². The maximum Gasteiger partial charge on any atom is 0.263 e. The van der Waals surface area contributed by atoms with Gasteiger partial charge in [0.15, 0.2) is 6.10 Å². The van der Waals surface area contributed by atoms with E-state index in [1.54, 1.807) is 0 Å². The molecular weight excluding hydrogens is 288 g/mol. The Morgan fingerprint density at radius 3 is 2.70 bits per heavy atom. The third-order valence-electron chi connectivity index (χ3n) is 4.64. The van der Waals surface area contributed by atoms with Crippen molar-refractivity contribution >= 4 is 5.91 Å². The van der Waals surface area contributed by atoms with Crippen molar-refractivity contribution in [1.29, 1.82) is 0 Å². The van der Waals surface area contributed by atoms with E-state index in [9.17, 15) is 4.79 Å². The van der Waals surface area contributed by atoms with Gasteiger partial charge in [-0.25, -0.2) is 0 Å². The maximum atomic E-state index is 12.7. The molecule has 4 heteroatoms. The van der Waals surface area contributed by atoms with Gasteiger partial charge in [0.05, 0.1) is 0 Å². The number of rotatable bonds is 4. The summed E-state index contributed by atoms with van der Waals surface area (Å²) in [5, 5.41) is 0. The summed E-state index contributed by atoms with van der Waals surface area (Å²) in [5.41, 5.74) is 7.01. The fourth-order valence-corrected chi connectivity index (χ4v) is 3.14. The van der Waals surface area contributed by atoms with Gasteiger partial charge in [-0.2, -0.15) is 0 Å². The molecule has 0 bridgehead atoms. The van der Waals surface area contributed by atoms with Gasteiger partial charge in [0.2, 0.25) is 0 Å². The molecule has 0 radical (unpaired) electrons. The van der Waals surface area contributed by atoms with Crippen LogP contribution in [0.1, 0.15) is 46.6 Å². The summed E-state index contributed by atoms with van der Waals surface area (Å²) >= 11 is 0. The number of likely N-dealkylation sites (tertiary alicyclic amines) is 1. The van der Waals surface area contributed by atoms with Gasteiger partial charge >= 0.3 is 0 Å². The molecule has 128 valence electrons. The van der Waals surface area contributed by atoms with Crippen molar-refractivity contribution in [2.24, 2.45) is 11.7 Å². The van der Waals surface area contributed by atoms with Crippen LogP contribution in [0.2, 0.25) is 0 Å². The Hall–Kier alpha value is -1.55. The zero-order valence-corrected chi connectivity index (χ0v) is 15.0. The molecule has 3 unspecified atom stereocenters. The van der Waals surface area contributed by atoms with E-state index in [4.69, 9.17) is 10.5 Å². The highest BCUT2D eigenvalue weighted by Crippen LogP contribution is 2.27. The molecule has 1 fully saturated rings. The number of nitrogens with zero attached hydrogens (tertiary/aromatic N) is 1. The van der Waals surface area contributed by atoms with Crippen molar-refractivity contribution in [2.75, 3.05) is 13.1 Å². The van der Waals surface area contributed by atoms with Crippen molar-refractivity contribution in [3.8, 4) is 5.75 Å². The molecule has 1 heterocycles. The topological polar surface area (TPSA) is 55.6 Å². The minimum absolute atomic E-state index is 0.0506. The van der Waals surface area contributed by atoms with Gasteiger partial charge in [0.25, 0.3) is 5.91 Å². The summed E-state index contributed by atoms with van der Waals surface area (Å²) < 4.78 is 5.92. The molecule has 0 aromatic heterocycles. The number of hydrogen-bond donors (Lipinski definition) is 1. The minimum Gasteiger partial charge on any atom is -0.481 e. The molecule has 1 aliphatic rings. The first-order chi connectivity index (χ1) is 10.7. The van der Waals surface area contributed by atoms with E-state index in [-0.39, 0.29) is 17.4 Å². The molecule has 3 atom stereocenters. The zero-order valence-electron chi connectivity index (χ0n) is 15.0. The normalized spacial score (nSPS) is 23.0. The molecule has 2 rings (SSSR count). The third kappa shape index (κ3) is 4.25. The van der Waals surface area contributed by atoms with Crippen molar-refractivity contribution in [3.05, 3.63) is 29.8 Å². The van der Waals surface area contributed by atoms with Gasteiger partial charge in [-0.05, 0) is 55.8 Å². The first kappa shape index (κ1) is 17.8. The SMILES string of the molecule is CC(Oc1cccc(C(C)(C)C)c1)C(=O)N1CC(CN)CC1C. The molecule has 1 aromatic rings. The summed E-state index contributed by atoms with van der Waals surface area (Å²) in [5.74, 6) is 1.21. The number of nitrogens with two attached hydrogens (primary N) is 1. The summed E-state index contributed by atoms with van der Waals surface area (Å²) in [6, 6.07) is 8.25. The molecule has 4 nitrogen and oxygen atoms in total. The number of hydrogen-bond acceptors (Lipinski definition) is 3. The van der Waals surface area contributed by atoms with Crippen LogP contribution in [0.4, 0.5) is 0 Å². The number of amides is 1. The Balaban J connectivity index is 2.04. The first-order valence-electron chi connectivity index (χ1n) is 8.50. The van der Waals surface area contributed by atoms with E-state index in [1.807, 2.05) is 30.0 Å². The average molecular weight is 318 g/mol. The Labute approximate surface area is 140 Å². The lowest BCUT2D eigenvalue weighted by molar-refractivity contribution is -0.138. The summed E-state index contributed by atoms with van der Waals surface area (Å²) in [6.45, 7) is 11.8. The van der Waals surface area contributed by atoms with Crippen molar-refractivity contribution < 1.29 is 9.53 Å². The first-order valence-corrected chi connectivity index (χ1v) is 8.50. The summed E-state index contributed by atoms with van der Waals surface area (Å²) in [7, 11) is 0. The lowest BCUT2D eigenvalue weighted by Crippen LogP contribution is -2.42.